The van der Waals surface area contributed by atoms with Gasteiger partial charge in [0, 0.05) is 12.0 Å². The first-order valence-corrected chi connectivity index (χ1v) is 10.8. The number of Topliss-reactive ketones (excluding diaryl/α,β-unsaturated/α-hetero) is 1. The van der Waals surface area contributed by atoms with E-state index < -0.39 is 13.5 Å². The minimum absolute atomic E-state index is 0.0208. The average Bonchev–Trinajstić information content (AvgIpc) is 2.77. The molecule has 0 aliphatic heterocycles. The third-order valence-corrected chi connectivity index (χ3v) is 11.1. The second-order valence-corrected chi connectivity index (χ2v) is 13.2. The Bertz CT molecular complexity index is 562. The summed E-state index contributed by atoms with van der Waals surface area (Å²) in [7, 11) is -2.25. The van der Waals surface area contributed by atoms with Crippen molar-refractivity contribution >= 4 is 19.3 Å². The highest BCUT2D eigenvalue weighted by Gasteiger charge is 2.58. The average molecular weight is 303 g/mol. The van der Waals surface area contributed by atoms with Gasteiger partial charge in [0.05, 0.1) is 6.07 Å². The van der Waals surface area contributed by atoms with E-state index in [9.17, 15) is 14.9 Å². The Morgan fingerprint density at radius 1 is 1.43 bits per heavy atom. The van der Waals surface area contributed by atoms with Crippen LogP contribution in [-0.2, 0) is 9.59 Å². The summed E-state index contributed by atoms with van der Waals surface area (Å²) >= 11 is 0. The van der Waals surface area contributed by atoms with Gasteiger partial charge in [0.1, 0.15) is 18.9 Å². The topological polar surface area (TPSA) is 57.9 Å². The molecule has 21 heavy (non-hydrogen) atoms. The van der Waals surface area contributed by atoms with Crippen molar-refractivity contribution in [3.8, 4) is 6.07 Å². The molecule has 0 saturated heterocycles. The predicted molar refractivity (Wildman–Crippen MR) is 85.3 cm³/mol. The molecule has 2 rings (SSSR count). The van der Waals surface area contributed by atoms with Crippen molar-refractivity contribution in [2.75, 3.05) is 0 Å². The summed E-state index contributed by atoms with van der Waals surface area (Å²) in [6, 6.07) is 2.27. The van der Waals surface area contributed by atoms with Gasteiger partial charge in [-0.1, -0.05) is 39.9 Å². The number of carbonyl (C=O) groups is 2. The van der Waals surface area contributed by atoms with Gasteiger partial charge < -0.3 is 4.79 Å². The van der Waals surface area contributed by atoms with E-state index in [4.69, 9.17) is 0 Å². The van der Waals surface area contributed by atoms with E-state index in [0.717, 1.165) is 12.8 Å². The molecule has 0 spiro atoms. The Hall–Kier alpha value is -1.21. The van der Waals surface area contributed by atoms with Crippen molar-refractivity contribution in [3.05, 3.63) is 11.6 Å². The van der Waals surface area contributed by atoms with Crippen LogP contribution in [0.3, 0.4) is 0 Å². The van der Waals surface area contributed by atoms with Gasteiger partial charge in [0.15, 0.2) is 5.78 Å². The zero-order valence-corrected chi connectivity index (χ0v) is 14.7. The fourth-order valence-corrected chi connectivity index (χ4v) is 5.05. The van der Waals surface area contributed by atoms with E-state index >= 15 is 0 Å². The van der Waals surface area contributed by atoms with Crippen molar-refractivity contribution in [2.45, 2.75) is 64.6 Å². The summed E-state index contributed by atoms with van der Waals surface area (Å²) in [6.07, 6.45) is 4.77. The fraction of sp³-hybridized carbons (Fsp3) is 0.706. The van der Waals surface area contributed by atoms with E-state index in [1.54, 1.807) is 0 Å². The first-order valence-electron chi connectivity index (χ1n) is 7.79. The summed E-state index contributed by atoms with van der Waals surface area (Å²) in [5.41, 5.74) is -0.600. The van der Waals surface area contributed by atoms with E-state index in [2.05, 4.69) is 39.9 Å². The first kappa shape index (κ1) is 16.2. The number of nitriles is 1. The molecule has 0 aromatic carbocycles. The van der Waals surface area contributed by atoms with Crippen molar-refractivity contribution in [1.82, 2.24) is 0 Å². The van der Waals surface area contributed by atoms with Crippen LogP contribution >= 0.6 is 0 Å². The maximum atomic E-state index is 13.2. The number of fused-ring (bicyclic) bond motifs is 1. The molecule has 2 aliphatic rings. The van der Waals surface area contributed by atoms with Crippen LogP contribution < -0.4 is 0 Å². The first-order chi connectivity index (χ1) is 9.59. The number of carbonyl (C=O) groups excluding carboxylic acids is 2. The number of ketones is 1. The van der Waals surface area contributed by atoms with Crippen LogP contribution in [0.15, 0.2) is 11.6 Å². The maximum Gasteiger partial charge on any atom is 0.157 e. The second-order valence-electron chi connectivity index (χ2n) is 7.99. The lowest BCUT2D eigenvalue weighted by Gasteiger charge is -2.40. The maximum absolute atomic E-state index is 13.2. The Balaban J connectivity index is 2.48. The third kappa shape index (κ3) is 2.14. The van der Waals surface area contributed by atoms with Crippen LogP contribution in [-0.4, -0.2) is 19.3 Å². The van der Waals surface area contributed by atoms with Crippen LogP contribution in [0, 0.1) is 22.7 Å². The molecule has 3 nitrogen and oxygen atoms in total. The van der Waals surface area contributed by atoms with Gasteiger partial charge in [-0.15, -0.1) is 0 Å². The predicted octanol–water partition coefficient (Wildman–Crippen LogP) is 3.81. The third-order valence-electron chi connectivity index (χ3n) is 5.90. The highest BCUT2D eigenvalue weighted by Crippen LogP contribution is 2.52. The molecule has 1 saturated carbocycles. The molecule has 0 aromatic heterocycles. The quantitative estimate of drug-likeness (QED) is 0.729. The lowest BCUT2D eigenvalue weighted by atomic mass is 9.65. The number of hydrogen-bond acceptors (Lipinski definition) is 3. The molecule has 2 unspecified atom stereocenters. The zero-order valence-electron chi connectivity index (χ0n) is 13.7. The van der Waals surface area contributed by atoms with Gasteiger partial charge >= 0.3 is 0 Å². The van der Waals surface area contributed by atoms with Crippen molar-refractivity contribution in [3.63, 3.8) is 0 Å². The molecule has 4 heteroatoms. The zero-order chi connectivity index (χ0) is 16.1. The molecule has 0 N–H and O–H groups in total. The molecule has 2 atom stereocenters. The fourth-order valence-electron chi connectivity index (χ4n) is 3.40. The SMILES string of the molecule is CC(C)(C)[Si](C)(C)C(=O)C1=CCC2CCCC(=O)C12C#N. The molecule has 0 bridgehead atoms. The largest absolute Gasteiger partial charge is 0.300 e. The Morgan fingerprint density at radius 3 is 2.57 bits per heavy atom. The second kappa shape index (κ2) is 4.91. The summed E-state index contributed by atoms with van der Waals surface area (Å²) < 4.78 is 0. The van der Waals surface area contributed by atoms with Gasteiger partial charge in [-0.25, -0.2) is 0 Å². The Kier molecular flexibility index (Phi) is 3.78. The molecule has 0 heterocycles. The Morgan fingerprint density at radius 2 is 2.05 bits per heavy atom. The highest BCUT2D eigenvalue weighted by molar-refractivity contribution is 7.08. The standard InChI is InChI=1S/C17H25NO2Si/c1-16(2,3)21(4,5)15(20)13-10-9-12-7-6-8-14(19)17(12,13)11-18/h10,12H,6-9H2,1-5H3. The monoisotopic (exact) mass is 303 g/mol. The van der Waals surface area contributed by atoms with E-state index in [-0.39, 0.29) is 22.1 Å². The van der Waals surface area contributed by atoms with Crippen molar-refractivity contribution in [2.24, 2.45) is 11.3 Å². The number of nitrogens with zero attached hydrogens (tertiary/aromatic N) is 1. The van der Waals surface area contributed by atoms with Gasteiger partial charge in [-0.2, -0.15) is 5.26 Å². The van der Waals surface area contributed by atoms with Crippen LogP contribution in [0.5, 0.6) is 0 Å². The van der Waals surface area contributed by atoms with Crippen LogP contribution in [0.1, 0.15) is 46.5 Å². The summed E-state index contributed by atoms with van der Waals surface area (Å²) in [4.78, 5) is 25.7. The van der Waals surface area contributed by atoms with E-state index in [0.29, 0.717) is 18.4 Å². The number of hydrogen-bond donors (Lipinski definition) is 0. The lowest BCUT2D eigenvalue weighted by Crippen LogP contribution is -2.51. The summed E-state index contributed by atoms with van der Waals surface area (Å²) in [5, 5.41) is 9.78. The van der Waals surface area contributed by atoms with E-state index in [1.807, 2.05) is 6.08 Å². The molecular weight excluding hydrogens is 278 g/mol. The van der Waals surface area contributed by atoms with E-state index in [1.165, 1.54) is 0 Å². The molecule has 114 valence electrons. The van der Waals surface area contributed by atoms with Gasteiger partial charge in [0.25, 0.3) is 0 Å². The summed E-state index contributed by atoms with van der Waals surface area (Å²) in [6.45, 7) is 10.4. The molecular formula is C17H25NO2Si. The summed E-state index contributed by atoms with van der Waals surface area (Å²) in [5.74, 6) is -0.00970. The van der Waals surface area contributed by atoms with Crippen LogP contribution in [0.2, 0.25) is 18.1 Å². The molecule has 0 aromatic rings. The number of rotatable bonds is 2. The van der Waals surface area contributed by atoms with Crippen molar-refractivity contribution < 1.29 is 9.59 Å². The van der Waals surface area contributed by atoms with Crippen LogP contribution in [0.25, 0.3) is 0 Å². The molecule has 0 amide bonds. The highest BCUT2D eigenvalue weighted by atomic mass is 28.3. The lowest BCUT2D eigenvalue weighted by molar-refractivity contribution is -0.129. The molecule has 2 aliphatic carbocycles. The van der Waals surface area contributed by atoms with Gasteiger partial charge in [0.2, 0.25) is 0 Å². The smallest absolute Gasteiger partial charge is 0.157 e. The minimum Gasteiger partial charge on any atom is -0.300 e. The van der Waals surface area contributed by atoms with Crippen molar-refractivity contribution in [1.29, 1.82) is 5.26 Å². The van der Waals surface area contributed by atoms with Gasteiger partial charge in [-0.05, 0) is 30.2 Å². The van der Waals surface area contributed by atoms with Gasteiger partial charge in [-0.3, -0.25) is 4.79 Å². The minimum atomic E-state index is -2.25. The Labute approximate surface area is 128 Å². The molecule has 1 fully saturated rings. The number of allylic oxidation sites excluding steroid dienone is 2. The normalized spacial score (nSPS) is 29.6. The molecule has 0 radical (unpaired) electrons. The van der Waals surface area contributed by atoms with Crippen LogP contribution in [0.4, 0.5) is 0 Å².